The molecule has 0 heterocycles. The Kier molecular flexibility index (Phi) is 15.4. The van der Waals surface area contributed by atoms with Crippen LogP contribution >= 0.6 is 0 Å². The molecule has 214 valence electrons. The number of nitrogens with one attached hydrogen (secondary N) is 3. The maximum Gasteiger partial charge on any atom is 0.243 e. The number of carbonyl (C=O) groups excluding carboxylic acids is 4. The summed E-state index contributed by atoms with van der Waals surface area (Å²) in [6.07, 6.45) is 8.97. The largest absolute Gasteiger partial charge is 0.368 e. The Morgan fingerprint density at radius 3 is 1.95 bits per heavy atom. The molecule has 6 atom stereocenters. The van der Waals surface area contributed by atoms with Crippen LogP contribution in [0.4, 0.5) is 0 Å². The Morgan fingerprint density at radius 2 is 1.41 bits per heavy atom. The topological polar surface area (TPSA) is 182 Å². The minimum absolute atomic E-state index is 0.0320. The zero-order chi connectivity index (χ0) is 28.0. The van der Waals surface area contributed by atoms with Gasteiger partial charge in [-0.3, -0.25) is 19.2 Å². The molecule has 9 N–H and O–H groups in total. The maximum absolute atomic E-state index is 13.5. The minimum atomic E-state index is -0.835. The molecule has 37 heavy (non-hydrogen) atoms. The average Bonchev–Trinajstić information content (AvgIpc) is 2.89. The van der Waals surface area contributed by atoms with Crippen molar-refractivity contribution in [3.05, 3.63) is 0 Å². The summed E-state index contributed by atoms with van der Waals surface area (Å²) < 4.78 is 0. The van der Waals surface area contributed by atoms with Crippen LogP contribution < -0.4 is 33.2 Å². The molecule has 0 spiro atoms. The van der Waals surface area contributed by atoms with Gasteiger partial charge in [-0.05, 0) is 50.0 Å². The molecular weight excluding hydrogens is 472 g/mol. The lowest BCUT2D eigenvalue weighted by molar-refractivity contribution is -0.135. The van der Waals surface area contributed by atoms with Crippen LogP contribution in [0.5, 0.6) is 0 Å². The molecule has 0 aromatic rings. The molecule has 1 fully saturated rings. The van der Waals surface area contributed by atoms with Crippen molar-refractivity contribution in [1.29, 1.82) is 0 Å². The van der Waals surface area contributed by atoms with Gasteiger partial charge < -0.3 is 33.2 Å². The predicted octanol–water partition coefficient (Wildman–Crippen LogP) is 1.45. The summed E-state index contributed by atoms with van der Waals surface area (Å²) in [7, 11) is 0. The number of hydrogen-bond donors (Lipinski definition) is 6. The van der Waals surface area contributed by atoms with E-state index in [0.29, 0.717) is 38.1 Å². The highest BCUT2D eigenvalue weighted by Crippen LogP contribution is 2.27. The molecule has 0 aromatic heterocycles. The lowest BCUT2D eigenvalue weighted by Crippen LogP contribution is -2.59. The molecule has 1 rings (SSSR count). The van der Waals surface area contributed by atoms with Gasteiger partial charge in [0.25, 0.3) is 0 Å². The van der Waals surface area contributed by atoms with E-state index in [9.17, 15) is 19.2 Å². The number of unbranched alkanes of at least 4 members (excludes halogenated alkanes) is 1. The van der Waals surface area contributed by atoms with Gasteiger partial charge in [-0.2, -0.15) is 0 Å². The first-order valence-electron chi connectivity index (χ1n) is 14.2. The standard InChI is InChI=1S/C27H52N6O4/c1-5-17(3)22(29)26(36)33-23(18(4)6-2)27(37)32-21(16-19-12-8-7-9-13-19)25(35)31-20(24(30)34)14-10-11-15-28/h17-23H,5-16,28-29H2,1-4H3,(H2,30,34)(H,31,35)(H,32,37)(H,33,36)/t17-,18-,20-,21-,22-,23-/m0/s1. The Hall–Kier alpha value is -2.20. The third kappa shape index (κ3) is 11.4. The fourth-order valence-corrected chi connectivity index (χ4v) is 4.76. The Balaban J connectivity index is 3.06. The predicted molar refractivity (Wildman–Crippen MR) is 146 cm³/mol. The van der Waals surface area contributed by atoms with E-state index in [2.05, 4.69) is 16.0 Å². The van der Waals surface area contributed by atoms with Crippen LogP contribution in [-0.2, 0) is 19.2 Å². The number of nitrogens with two attached hydrogens (primary N) is 3. The van der Waals surface area contributed by atoms with Crippen molar-refractivity contribution < 1.29 is 19.2 Å². The molecule has 0 unspecified atom stereocenters. The van der Waals surface area contributed by atoms with Crippen LogP contribution in [0.1, 0.15) is 98.3 Å². The van der Waals surface area contributed by atoms with E-state index < -0.39 is 41.9 Å². The monoisotopic (exact) mass is 524 g/mol. The van der Waals surface area contributed by atoms with Crippen molar-refractivity contribution >= 4 is 23.6 Å². The van der Waals surface area contributed by atoms with Crippen molar-refractivity contribution in [2.75, 3.05) is 6.54 Å². The Labute approximate surface area is 223 Å². The van der Waals surface area contributed by atoms with Gasteiger partial charge in [0.1, 0.15) is 18.1 Å². The maximum atomic E-state index is 13.5. The van der Waals surface area contributed by atoms with Gasteiger partial charge in [0.15, 0.2) is 0 Å². The summed E-state index contributed by atoms with van der Waals surface area (Å²) in [5, 5.41) is 8.49. The van der Waals surface area contributed by atoms with E-state index in [0.717, 1.165) is 38.5 Å². The molecule has 10 heteroatoms. The van der Waals surface area contributed by atoms with Crippen LogP contribution in [0.2, 0.25) is 0 Å². The second-order valence-corrected chi connectivity index (χ2v) is 10.8. The fraction of sp³-hybridized carbons (Fsp3) is 0.852. The van der Waals surface area contributed by atoms with Crippen LogP contribution in [0.15, 0.2) is 0 Å². The highest BCUT2D eigenvalue weighted by atomic mass is 16.2. The lowest BCUT2D eigenvalue weighted by Gasteiger charge is -2.31. The summed E-state index contributed by atoms with van der Waals surface area (Å²) >= 11 is 0. The molecule has 1 aliphatic carbocycles. The molecule has 0 radical (unpaired) electrons. The summed E-state index contributed by atoms with van der Waals surface area (Å²) in [5.41, 5.74) is 17.2. The quantitative estimate of drug-likeness (QED) is 0.156. The smallest absolute Gasteiger partial charge is 0.243 e. The van der Waals surface area contributed by atoms with Crippen molar-refractivity contribution in [1.82, 2.24) is 16.0 Å². The first-order valence-corrected chi connectivity index (χ1v) is 14.2. The SMILES string of the molecule is CC[C@H](C)[C@H](N)C(=O)N[C@H](C(=O)N[C@@H](CC1CCCCC1)C(=O)N[C@@H](CCCCN)C(N)=O)[C@@H](C)CC. The van der Waals surface area contributed by atoms with Crippen LogP contribution in [0.25, 0.3) is 0 Å². The molecule has 1 saturated carbocycles. The summed E-state index contributed by atoms with van der Waals surface area (Å²) in [5.74, 6) is -1.75. The average molecular weight is 525 g/mol. The third-order valence-corrected chi connectivity index (χ3v) is 7.89. The highest BCUT2D eigenvalue weighted by molar-refractivity contribution is 5.94. The lowest BCUT2D eigenvalue weighted by atomic mass is 9.84. The van der Waals surface area contributed by atoms with Gasteiger partial charge in [-0.1, -0.05) is 72.6 Å². The van der Waals surface area contributed by atoms with E-state index in [1.54, 1.807) is 0 Å². The normalized spacial score (nSPS) is 19.1. The number of amides is 4. The van der Waals surface area contributed by atoms with Gasteiger partial charge >= 0.3 is 0 Å². The molecule has 4 amide bonds. The van der Waals surface area contributed by atoms with E-state index in [-0.39, 0.29) is 17.7 Å². The van der Waals surface area contributed by atoms with Gasteiger partial charge in [-0.15, -0.1) is 0 Å². The van der Waals surface area contributed by atoms with Crippen molar-refractivity contribution in [2.45, 2.75) is 122 Å². The summed E-state index contributed by atoms with van der Waals surface area (Å²) in [4.78, 5) is 51.6. The van der Waals surface area contributed by atoms with Crippen LogP contribution in [0, 0.1) is 17.8 Å². The van der Waals surface area contributed by atoms with Gasteiger partial charge in [0.2, 0.25) is 23.6 Å². The molecular formula is C27H52N6O4. The minimum Gasteiger partial charge on any atom is -0.368 e. The van der Waals surface area contributed by atoms with E-state index in [1.165, 1.54) is 6.42 Å². The van der Waals surface area contributed by atoms with Gasteiger partial charge in [-0.25, -0.2) is 0 Å². The Morgan fingerprint density at radius 1 is 0.811 bits per heavy atom. The molecule has 0 bridgehead atoms. The zero-order valence-electron chi connectivity index (χ0n) is 23.4. The molecule has 0 aromatic carbocycles. The molecule has 0 aliphatic heterocycles. The van der Waals surface area contributed by atoms with E-state index in [4.69, 9.17) is 17.2 Å². The van der Waals surface area contributed by atoms with Crippen molar-refractivity contribution in [3.8, 4) is 0 Å². The number of rotatable bonds is 17. The number of primary amides is 1. The van der Waals surface area contributed by atoms with Crippen molar-refractivity contribution in [3.63, 3.8) is 0 Å². The molecule has 0 saturated heterocycles. The number of hydrogen-bond acceptors (Lipinski definition) is 6. The first kappa shape index (κ1) is 32.8. The first-order chi connectivity index (χ1) is 17.5. The second kappa shape index (κ2) is 17.3. The molecule has 1 aliphatic rings. The van der Waals surface area contributed by atoms with Gasteiger partial charge in [0, 0.05) is 0 Å². The second-order valence-electron chi connectivity index (χ2n) is 10.8. The number of carbonyl (C=O) groups is 4. The zero-order valence-corrected chi connectivity index (χ0v) is 23.4. The van der Waals surface area contributed by atoms with Crippen LogP contribution in [-0.4, -0.2) is 54.3 Å². The van der Waals surface area contributed by atoms with E-state index >= 15 is 0 Å². The van der Waals surface area contributed by atoms with Gasteiger partial charge in [0.05, 0.1) is 6.04 Å². The molecule has 10 nitrogen and oxygen atoms in total. The summed E-state index contributed by atoms with van der Waals surface area (Å²) in [6, 6.07) is -3.22. The van der Waals surface area contributed by atoms with Crippen molar-refractivity contribution in [2.24, 2.45) is 35.0 Å². The fourth-order valence-electron chi connectivity index (χ4n) is 4.76. The summed E-state index contributed by atoms with van der Waals surface area (Å²) in [6.45, 7) is 8.17. The third-order valence-electron chi connectivity index (χ3n) is 7.89. The van der Waals surface area contributed by atoms with E-state index in [1.807, 2.05) is 27.7 Å². The highest BCUT2D eigenvalue weighted by Gasteiger charge is 2.34. The Bertz CT molecular complexity index is 728. The van der Waals surface area contributed by atoms with Crippen LogP contribution in [0.3, 0.4) is 0 Å².